The Morgan fingerprint density at radius 3 is 2.39 bits per heavy atom. The molecule has 18 heavy (non-hydrogen) atoms. The van der Waals surface area contributed by atoms with Crippen molar-refractivity contribution >= 4 is 0 Å². The maximum Gasteiger partial charge on any atom is 0.0801 e. The van der Waals surface area contributed by atoms with Crippen molar-refractivity contribution in [2.45, 2.75) is 26.8 Å². The summed E-state index contributed by atoms with van der Waals surface area (Å²) < 4.78 is 0. The Bertz CT molecular complexity index is 532. The molecule has 2 aromatic rings. The summed E-state index contributed by atoms with van der Waals surface area (Å²) in [5, 5.41) is 3.31. The van der Waals surface area contributed by atoms with Gasteiger partial charge in [-0.1, -0.05) is 23.8 Å². The number of hydrogen-bond donors (Lipinski definition) is 1. The van der Waals surface area contributed by atoms with E-state index in [2.05, 4.69) is 47.3 Å². The monoisotopic (exact) mass is 241 g/mol. The van der Waals surface area contributed by atoms with Crippen molar-refractivity contribution in [2.75, 3.05) is 7.05 Å². The van der Waals surface area contributed by atoms with Gasteiger partial charge < -0.3 is 5.32 Å². The molecule has 0 aliphatic heterocycles. The number of aromatic nitrogens is 2. The van der Waals surface area contributed by atoms with Crippen molar-refractivity contribution in [3.63, 3.8) is 0 Å². The van der Waals surface area contributed by atoms with Crippen LogP contribution in [0.3, 0.4) is 0 Å². The predicted molar refractivity (Wildman–Crippen MR) is 73.6 cm³/mol. The number of rotatable bonds is 3. The lowest BCUT2D eigenvalue weighted by atomic mass is 9.97. The molecule has 1 aromatic carbocycles. The van der Waals surface area contributed by atoms with Crippen LogP contribution in [-0.4, -0.2) is 17.0 Å². The quantitative estimate of drug-likeness (QED) is 0.897. The first-order chi connectivity index (χ1) is 8.61. The topological polar surface area (TPSA) is 37.8 Å². The van der Waals surface area contributed by atoms with Crippen LogP contribution in [0.4, 0.5) is 0 Å². The van der Waals surface area contributed by atoms with Crippen molar-refractivity contribution in [2.24, 2.45) is 0 Å². The minimum Gasteiger partial charge on any atom is -0.308 e. The zero-order chi connectivity index (χ0) is 13.1. The number of nitrogens with zero attached hydrogens (tertiary/aromatic N) is 2. The Hall–Kier alpha value is -1.74. The molecule has 3 nitrogen and oxygen atoms in total. The van der Waals surface area contributed by atoms with E-state index < -0.39 is 0 Å². The predicted octanol–water partition coefficient (Wildman–Crippen LogP) is 2.71. The highest BCUT2D eigenvalue weighted by Crippen LogP contribution is 2.23. The Labute approximate surface area is 108 Å². The first kappa shape index (κ1) is 12.7. The minimum atomic E-state index is 0.0960. The molecular weight excluding hydrogens is 222 g/mol. The molecule has 0 saturated heterocycles. The van der Waals surface area contributed by atoms with Crippen LogP contribution in [0.25, 0.3) is 0 Å². The molecule has 1 N–H and O–H groups in total. The fraction of sp³-hybridized carbons (Fsp3) is 0.333. The van der Waals surface area contributed by atoms with E-state index in [9.17, 15) is 0 Å². The van der Waals surface area contributed by atoms with Crippen LogP contribution in [0, 0.1) is 20.8 Å². The van der Waals surface area contributed by atoms with E-state index in [0.29, 0.717) is 0 Å². The van der Waals surface area contributed by atoms with Crippen molar-refractivity contribution in [1.29, 1.82) is 0 Å². The third-order valence-electron chi connectivity index (χ3n) is 3.12. The lowest BCUT2D eigenvalue weighted by Crippen LogP contribution is -2.20. The molecule has 2 rings (SSSR count). The van der Waals surface area contributed by atoms with E-state index in [1.54, 1.807) is 0 Å². The summed E-state index contributed by atoms with van der Waals surface area (Å²) in [6.45, 7) is 6.19. The molecule has 0 amide bonds. The second kappa shape index (κ2) is 5.27. The molecule has 0 fully saturated rings. The fourth-order valence-electron chi connectivity index (χ4n) is 2.16. The van der Waals surface area contributed by atoms with Crippen molar-refractivity contribution in [3.05, 3.63) is 58.7 Å². The van der Waals surface area contributed by atoms with E-state index in [4.69, 9.17) is 0 Å². The van der Waals surface area contributed by atoms with Gasteiger partial charge in [-0.15, -0.1) is 0 Å². The Balaban J connectivity index is 2.41. The SMILES string of the molecule is CNC(c1cnc(C)cn1)c1ccc(C)cc1C. The number of nitrogens with one attached hydrogen (secondary N) is 1. The van der Waals surface area contributed by atoms with Gasteiger partial charge in [0, 0.05) is 6.20 Å². The smallest absolute Gasteiger partial charge is 0.0801 e. The Kier molecular flexibility index (Phi) is 3.72. The summed E-state index contributed by atoms with van der Waals surface area (Å²) in [4.78, 5) is 8.78. The van der Waals surface area contributed by atoms with Gasteiger partial charge >= 0.3 is 0 Å². The van der Waals surface area contributed by atoms with Gasteiger partial charge in [0.05, 0.1) is 23.6 Å². The molecule has 1 unspecified atom stereocenters. The van der Waals surface area contributed by atoms with Gasteiger partial charge in [-0.05, 0) is 38.9 Å². The summed E-state index contributed by atoms with van der Waals surface area (Å²) in [6, 6.07) is 6.59. The summed E-state index contributed by atoms with van der Waals surface area (Å²) in [5.41, 5.74) is 5.70. The molecule has 94 valence electrons. The number of benzene rings is 1. The van der Waals surface area contributed by atoms with Gasteiger partial charge in [0.25, 0.3) is 0 Å². The van der Waals surface area contributed by atoms with Crippen molar-refractivity contribution < 1.29 is 0 Å². The normalized spacial score (nSPS) is 12.4. The van der Waals surface area contributed by atoms with Gasteiger partial charge in [-0.3, -0.25) is 9.97 Å². The van der Waals surface area contributed by atoms with Crippen LogP contribution < -0.4 is 5.32 Å². The molecule has 3 heteroatoms. The van der Waals surface area contributed by atoms with Crippen LogP contribution in [0.1, 0.15) is 34.1 Å². The van der Waals surface area contributed by atoms with Crippen LogP contribution in [-0.2, 0) is 0 Å². The van der Waals surface area contributed by atoms with Crippen LogP contribution >= 0.6 is 0 Å². The van der Waals surface area contributed by atoms with E-state index in [1.165, 1.54) is 16.7 Å². The molecule has 0 aliphatic rings. The molecule has 0 saturated carbocycles. The third-order valence-corrected chi connectivity index (χ3v) is 3.12. The second-order valence-electron chi connectivity index (χ2n) is 4.66. The second-order valence-corrected chi connectivity index (χ2v) is 4.66. The first-order valence-electron chi connectivity index (χ1n) is 6.15. The lowest BCUT2D eigenvalue weighted by molar-refractivity contribution is 0.661. The van der Waals surface area contributed by atoms with E-state index in [-0.39, 0.29) is 6.04 Å². The van der Waals surface area contributed by atoms with E-state index in [1.807, 2.05) is 26.4 Å². The van der Waals surface area contributed by atoms with Gasteiger partial charge in [0.15, 0.2) is 0 Å². The average molecular weight is 241 g/mol. The van der Waals surface area contributed by atoms with E-state index in [0.717, 1.165) is 11.4 Å². The molecule has 1 atom stereocenters. The number of aryl methyl sites for hydroxylation is 3. The van der Waals surface area contributed by atoms with Crippen LogP contribution in [0.2, 0.25) is 0 Å². The Morgan fingerprint density at radius 2 is 1.83 bits per heavy atom. The molecular formula is C15H19N3. The summed E-state index contributed by atoms with van der Waals surface area (Å²) in [7, 11) is 1.95. The molecule has 1 heterocycles. The maximum absolute atomic E-state index is 4.46. The molecule has 0 spiro atoms. The zero-order valence-electron chi connectivity index (χ0n) is 11.4. The van der Waals surface area contributed by atoms with Gasteiger partial charge in [-0.2, -0.15) is 0 Å². The Morgan fingerprint density at radius 1 is 1.06 bits per heavy atom. The highest BCUT2D eigenvalue weighted by Gasteiger charge is 2.15. The average Bonchev–Trinajstić information content (AvgIpc) is 2.35. The first-order valence-corrected chi connectivity index (χ1v) is 6.15. The van der Waals surface area contributed by atoms with Crippen LogP contribution in [0.15, 0.2) is 30.6 Å². The van der Waals surface area contributed by atoms with Crippen molar-refractivity contribution in [1.82, 2.24) is 15.3 Å². The van der Waals surface area contributed by atoms with E-state index >= 15 is 0 Å². The zero-order valence-corrected chi connectivity index (χ0v) is 11.4. The maximum atomic E-state index is 4.46. The summed E-state index contributed by atoms with van der Waals surface area (Å²) >= 11 is 0. The highest BCUT2D eigenvalue weighted by molar-refractivity contribution is 5.36. The lowest BCUT2D eigenvalue weighted by Gasteiger charge is -2.18. The summed E-state index contributed by atoms with van der Waals surface area (Å²) in [6.07, 6.45) is 3.65. The van der Waals surface area contributed by atoms with Gasteiger partial charge in [0.2, 0.25) is 0 Å². The van der Waals surface area contributed by atoms with Gasteiger partial charge in [-0.25, -0.2) is 0 Å². The van der Waals surface area contributed by atoms with Gasteiger partial charge in [0.1, 0.15) is 0 Å². The third kappa shape index (κ3) is 2.57. The highest BCUT2D eigenvalue weighted by atomic mass is 14.9. The number of hydrogen-bond acceptors (Lipinski definition) is 3. The largest absolute Gasteiger partial charge is 0.308 e. The molecule has 0 aliphatic carbocycles. The van der Waals surface area contributed by atoms with Crippen LogP contribution in [0.5, 0.6) is 0 Å². The standard InChI is InChI=1S/C15H19N3/c1-10-5-6-13(11(2)7-10)15(16-4)14-9-17-12(3)8-18-14/h5-9,15-16H,1-4H3. The molecule has 0 radical (unpaired) electrons. The minimum absolute atomic E-state index is 0.0960. The van der Waals surface area contributed by atoms with Crippen molar-refractivity contribution in [3.8, 4) is 0 Å². The summed E-state index contributed by atoms with van der Waals surface area (Å²) in [5.74, 6) is 0. The molecule has 1 aromatic heterocycles. The fourth-order valence-corrected chi connectivity index (χ4v) is 2.16. The molecule has 0 bridgehead atoms.